The van der Waals surface area contributed by atoms with E-state index in [1.165, 1.54) is 4.90 Å². The number of hydrogen-bond donors (Lipinski definition) is 0. The number of halogens is 1. The highest BCUT2D eigenvalue weighted by molar-refractivity contribution is 6.48. The van der Waals surface area contributed by atoms with Crippen molar-refractivity contribution in [2.45, 2.75) is 79.3 Å². The molecule has 162 valence electrons. The molecule has 0 radical (unpaired) electrons. The zero-order valence-electron chi connectivity index (χ0n) is 18.7. The maximum Gasteiger partial charge on any atom is 0.412 e. The summed E-state index contributed by atoms with van der Waals surface area (Å²) >= 11 is 0. The summed E-state index contributed by atoms with van der Waals surface area (Å²) in [6.45, 7) is 17.4. The highest BCUT2D eigenvalue weighted by Gasteiger charge is 2.52. The van der Waals surface area contributed by atoms with Crippen LogP contribution in [-0.4, -0.2) is 50.5 Å². The molecule has 0 spiro atoms. The van der Waals surface area contributed by atoms with Crippen LogP contribution >= 0.6 is 0 Å². The van der Waals surface area contributed by atoms with Gasteiger partial charge in [0.1, 0.15) is 5.60 Å². The molecule has 0 aromatic rings. The van der Waals surface area contributed by atoms with E-state index in [2.05, 4.69) is 20.8 Å². The third-order valence-corrected chi connectivity index (χ3v) is 5.38. The smallest absolute Gasteiger partial charge is 0.412 e. The number of nitrogens with zero attached hydrogens (tertiary/aromatic N) is 1. The van der Waals surface area contributed by atoms with Crippen molar-refractivity contribution in [3.05, 3.63) is 11.9 Å². The van der Waals surface area contributed by atoms with Crippen LogP contribution in [0.5, 0.6) is 0 Å². The number of esters is 1. The van der Waals surface area contributed by atoms with Crippen molar-refractivity contribution in [1.82, 2.24) is 4.90 Å². The van der Waals surface area contributed by atoms with Gasteiger partial charge < -0.3 is 13.9 Å². The normalized spacial score (nSPS) is 23.9. The molecule has 0 aromatic heterocycles. The van der Waals surface area contributed by atoms with Gasteiger partial charge in [-0.25, -0.2) is 9.59 Å². The standard InChI is InChI=1S/C20H36FNO5Si/c1-10-25-16(23)15(21)12-20(27-28(8)9)11-14(18(2,3)4)13-22(20)17(24)26-19(5,6)7/h12,14,28H,10-11,13H2,1-9H3/b15-12-/t14-,20-/m0/s1. The minimum absolute atomic E-state index is 0.0408. The van der Waals surface area contributed by atoms with E-state index in [9.17, 15) is 14.0 Å². The molecule has 0 unspecified atom stereocenters. The highest BCUT2D eigenvalue weighted by Crippen LogP contribution is 2.45. The first-order chi connectivity index (χ1) is 12.6. The van der Waals surface area contributed by atoms with Crippen LogP contribution in [0.3, 0.4) is 0 Å². The molecular weight excluding hydrogens is 381 g/mol. The van der Waals surface area contributed by atoms with Crippen molar-refractivity contribution in [2.24, 2.45) is 11.3 Å². The van der Waals surface area contributed by atoms with E-state index in [-0.39, 0.29) is 17.9 Å². The average Bonchev–Trinajstić information content (AvgIpc) is 2.84. The van der Waals surface area contributed by atoms with Crippen LogP contribution in [0.25, 0.3) is 0 Å². The zero-order chi connectivity index (χ0) is 21.9. The lowest BCUT2D eigenvalue weighted by atomic mass is 9.79. The van der Waals surface area contributed by atoms with E-state index >= 15 is 0 Å². The first-order valence-corrected chi connectivity index (χ1v) is 12.6. The summed E-state index contributed by atoms with van der Waals surface area (Å²) in [6.07, 6.45) is 0.906. The molecule has 0 aliphatic carbocycles. The van der Waals surface area contributed by atoms with Gasteiger partial charge in [-0.2, -0.15) is 4.39 Å². The fourth-order valence-corrected chi connectivity index (χ4v) is 4.28. The molecule has 0 aromatic carbocycles. The molecule has 1 heterocycles. The van der Waals surface area contributed by atoms with Gasteiger partial charge in [0.05, 0.1) is 6.61 Å². The lowest BCUT2D eigenvalue weighted by Crippen LogP contribution is -2.51. The Bertz CT molecular complexity index is 609. The number of carbonyl (C=O) groups is 2. The lowest BCUT2D eigenvalue weighted by molar-refractivity contribution is -0.140. The van der Waals surface area contributed by atoms with E-state index in [1.54, 1.807) is 27.7 Å². The van der Waals surface area contributed by atoms with Gasteiger partial charge >= 0.3 is 12.1 Å². The van der Waals surface area contributed by atoms with Gasteiger partial charge in [-0.15, -0.1) is 0 Å². The Hall–Kier alpha value is -1.41. The van der Waals surface area contributed by atoms with E-state index < -0.39 is 38.3 Å². The Balaban J connectivity index is 3.44. The number of hydrogen-bond acceptors (Lipinski definition) is 5. The highest BCUT2D eigenvalue weighted by atomic mass is 28.3. The van der Waals surface area contributed by atoms with Crippen LogP contribution in [0, 0.1) is 11.3 Å². The molecule has 1 saturated heterocycles. The van der Waals surface area contributed by atoms with E-state index in [0.29, 0.717) is 13.0 Å². The summed E-state index contributed by atoms with van der Waals surface area (Å²) in [4.78, 5) is 26.3. The van der Waals surface area contributed by atoms with Gasteiger partial charge in [0.2, 0.25) is 5.83 Å². The number of likely N-dealkylation sites (tertiary alicyclic amines) is 1. The van der Waals surface area contributed by atoms with Crippen molar-refractivity contribution in [2.75, 3.05) is 13.2 Å². The fraction of sp³-hybridized carbons (Fsp3) is 0.800. The van der Waals surface area contributed by atoms with Gasteiger partial charge in [-0.3, -0.25) is 4.90 Å². The number of ether oxygens (including phenoxy) is 2. The summed E-state index contributed by atoms with van der Waals surface area (Å²) < 4.78 is 31.2. The quantitative estimate of drug-likeness (QED) is 0.377. The van der Waals surface area contributed by atoms with Crippen LogP contribution in [0.2, 0.25) is 13.1 Å². The van der Waals surface area contributed by atoms with E-state index in [1.807, 2.05) is 13.1 Å². The molecule has 28 heavy (non-hydrogen) atoms. The molecule has 1 amide bonds. The average molecular weight is 418 g/mol. The maximum absolute atomic E-state index is 14.7. The summed E-state index contributed by atoms with van der Waals surface area (Å²) in [5.74, 6) is -2.07. The summed E-state index contributed by atoms with van der Waals surface area (Å²) in [7, 11) is -1.72. The lowest BCUT2D eigenvalue weighted by Gasteiger charge is -2.38. The summed E-state index contributed by atoms with van der Waals surface area (Å²) in [5, 5.41) is 0. The first kappa shape index (κ1) is 24.6. The van der Waals surface area contributed by atoms with Crippen molar-refractivity contribution < 1.29 is 27.9 Å². The zero-order valence-corrected chi connectivity index (χ0v) is 19.9. The molecule has 1 aliphatic heterocycles. The largest absolute Gasteiger partial charge is 0.461 e. The van der Waals surface area contributed by atoms with Gasteiger partial charge in [0.15, 0.2) is 14.8 Å². The Morgan fingerprint density at radius 3 is 2.21 bits per heavy atom. The molecule has 1 aliphatic rings. The Morgan fingerprint density at radius 2 is 1.79 bits per heavy atom. The van der Waals surface area contributed by atoms with Crippen molar-refractivity contribution >= 4 is 21.1 Å². The first-order valence-electron chi connectivity index (χ1n) is 9.85. The minimum atomic E-state index is -1.72. The van der Waals surface area contributed by atoms with Crippen LogP contribution < -0.4 is 0 Å². The van der Waals surface area contributed by atoms with E-state index in [0.717, 1.165) is 6.08 Å². The van der Waals surface area contributed by atoms with Crippen molar-refractivity contribution in [1.29, 1.82) is 0 Å². The van der Waals surface area contributed by atoms with Crippen molar-refractivity contribution in [3.63, 3.8) is 0 Å². The third kappa shape index (κ3) is 6.58. The maximum atomic E-state index is 14.7. The topological polar surface area (TPSA) is 65.1 Å². The summed E-state index contributed by atoms with van der Waals surface area (Å²) in [5.41, 5.74) is -2.21. The van der Waals surface area contributed by atoms with Crippen LogP contribution in [0.4, 0.5) is 9.18 Å². The Kier molecular flexibility index (Phi) is 7.87. The molecule has 1 fully saturated rings. The Morgan fingerprint density at radius 1 is 1.21 bits per heavy atom. The predicted octanol–water partition coefficient (Wildman–Crippen LogP) is 4.40. The predicted molar refractivity (Wildman–Crippen MR) is 109 cm³/mol. The van der Waals surface area contributed by atoms with Gasteiger partial charge in [-0.1, -0.05) is 20.8 Å². The molecule has 8 heteroatoms. The van der Waals surface area contributed by atoms with Gasteiger partial charge in [0.25, 0.3) is 0 Å². The second-order valence-electron chi connectivity index (χ2n) is 9.58. The molecule has 2 atom stereocenters. The third-order valence-electron chi connectivity index (χ3n) is 4.50. The van der Waals surface area contributed by atoms with Crippen LogP contribution in [0.1, 0.15) is 54.9 Å². The molecule has 0 bridgehead atoms. The Labute approximate surface area is 170 Å². The minimum Gasteiger partial charge on any atom is -0.461 e. The fourth-order valence-electron chi connectivity index (χ4n) is 3.18. The van der Waals surface area contributed by atoms with Crippen LogP contribution in [0.15, 0.2) is 11.9 Å². The second-order valence-corrected chi connectivity index (χ2v) is 11.9. The second kappa shape index (κ2) is 8.94. The molecular formula is C20H36FNO5Si. The molecule has 0 N–H and O–H groups in total. The van der Waals surface area contributed by atoms with Gasteiger partial charge in [-0.05, 0) is 52.1 Å². The van der Waals surface area contributed by atoms with E-state index in [4.69, 9.17) is 13.9 Å². The van der Waals surface area contributed by atoms with Crippen LogP contribution in [-0.2, 0) is 18.7 Å². The molecule has 1 rings (SSSR count). The number of carbonyl (C=O) groups excluding carboxylic acids is 2. The SMILES string of the molecule is CCOC(=O)/C(F)=C/[C@@]1(O[SiH](C)C)C[C@H](C(C)(C)C)CN1C(=O)OC(C)(C)C. The van der Waals surface area contributed by atoms with Crippen molar-refractivity contribution in [3.8, 4) is 0 Å². The number of amides is 1. The summed E-state index contributed by atoms with van der Waals surface area (Å²) in [6, 6.07) is 0. The van der Waals surface area contributed by atoms with Gasteiger partial charge in [0, 0.05) is 19.0 Å². The number of rotatable bonds is 5. The molecule has 6 nitrogen and oxygen atoms in total. The molecule has 0 saturated carbocycles. The monoisotopic (exact) mass is 417 g/mol.